The average Bonchev–Trinajstić information content (AvgIpc) is 2.71. The van der Waals surface area contributed by atoms with Crippen molar-refractivity contribution in [2.24, 2.45) is 0 Å². The van der Waals surface area contributed by atoms with E-state index < -0.39 is 12.0 Å². The minimum Gasteiger partial charge on any atom is -0.493 e. The lowest BCUT2D eigenvalue weighted by molar-refractivity contribution is -0.137. The van der Waals surface area contributed by atoms with Gasteiger partial charge in [0.2, 0.25) is 5.91 Å². The van der Waals surface area contributed by atoms with Crippen molar-refractivity contribution in [3.8, 4) is 11.5 Å². The Labute approximate surface area is 165 Å². The van der Waals surface area contributed by atoms with Crippen LogP contribution in [0.4, 0.5) is 0 Å². The van der Waals surface area contributed by atoms with Crippen LogP contribution < -0.4 is 14.8 Å². The molecule has 0 saturated heterocycles. The maximum atomic E-state index is 12.7. The van der Waals surface area contributed by atoms with Crippen molar-refractivity contribution in [3.05, 3.63) is 59.7 Å². The molecule has 0 aliphatic rings. The SMILES string of the molecule is CCC(CC(=O)NC(CC(=O)O)c1ccc(OC)c(OC)c1)c1ccccc1. The van der Waals surface area contributed by atoms with E-state index in [1.165, 1.54) is 14.2 Å². The van der Waals surface area contributed by atoms with Gasteiger partial charge in [-0.15, -0.1) is 0 Å². The molecule has 0 bridgehead atoms. The van der Waals surface area contributed by atoms with Crippen molar-refractivity contribution in [3.63, 3.8) is 0 Å². The Morgan fingerprint density at radius 1 is 0.964 bits per heavy atom. The smallest absolute Gasteiger partial charge is 0.305 e. The summed E-state index contributed by atoms with van der Waals surface area (Å²) in [6, 6.07) is 14.3. The van der Waals surface area contributed by atoms with Crippen LogP contribution in [0.3, 0.4) is 0 Å². The van der Waals surface area contributed by atoms with Crippen LogP contribution in [0, 0.1) is 0 Å². The van der Waals surface area contributed by atoms with Crippen molar-refractivity contribution in [2.45, 2.75) is 38.1 Å². The van der Waals surface area contributed by atoms with Crippen LogP contribution in [0.2, 0.25) is 0 Å². The van der Waals surface area contributed by atoms with E-state index >= 15 is 0 Å². The third kappa shape index (κ3) is 5.74. The second kappa shape index (κ2) is 10.3. The van der Waals surface area contributed by atoms with E-state index in [-0.39, 0.29) is 18.2 Å². The number of hydrogen-bond acceptors (Lipinski definition) is 4. The molecule has 2 atom stereocenters. The Balaban J connectivity index is 2.17. The Kier molecular flexibility index (Phi) is 7.87. The van der Waals surface area contributed by atoms with Crippen LogP contribution in [0.5, 0.6) is 11.5 Å². The van der Waals surface area contributed by atoms with Crippen molar-refractivity contribution >= 4 is 11.9 Å². The molecule has 2 rings (SSSR count). The fourth-order valence-electron chi connectivity index (χ4n) is 3.20. The van der Waals surface area contributed by atoms with Crippen molar-refractivity contribution in [1.29, 1.82) is 0 Å². The maximum absolute atomic E-state index is 12.7. The molecular weight excluding hydrogens is 358 g/mol. The molecule has 0 saturated carbocycles. The molecule has 2 aromatic rings. The summed E-state index contributed by atoms with van der Waals surface area (Å²) >= 11 is 0. The van der Waals surface area contributed by atoms with E-state index in [0.717, 1.165) is 12.0 Å². The van der Waals surface area contributed by atoms with Gasteiger partial charge in [-0.25, -0.2) is 0 Å². The van der Waals surface area contributed by atoms with Gasteiger partial charge in [0.1, 0.15) is 0 Å². The van der Waals surface area contributed by atoms with Crippen LogP contribution in [0.25, 0.3) is 0 Å². The van der Waals surface area contributed by atoms with Crippen molar-refractivity contribution < 1.29 is 24.2 Å². The highest BCUT2D eigenvalue weighted by molar-refractivity contribution is 5.78. The van der Waals surface area contributed by atoms with Gasteiger partial charge >= 0.3 is 5.97 Å². The lowest BCUT2D eigenvalue weighted by Gasteiger charge is -2.21. The molecule has 6 heteroatoms. The summed E-state index contributed by atoms with van der Waals surface area (Å²) in [7, 11) is 3.04. The monoisotopic (exact) mass is 385 g/mol. The molecular formula is C22H27NO5. The first-order valence-corrected chi connectivity index (χ1v) is 9.26. The third-order valence-corrected chi connectivity index (χ3v) is 4.72. The van der Waals surface area contributed by atoms with Crippen LogP contribution in [-0.4, -0.2) is 31.2 Å². The minimum absolute atomic E-state index is 0.0806. The van der Waals surface area contributed by atoms with E-state index in [1.54, 1.807) is 18.2 Å². The van der Waals surface area contributed by atoms with Gasteiger partial charge in [-0.2, -0.15) is 0 Å². The number of carboxylic acids is 1. The number of ether oxygens (including phenoxy) is 2. The van der Waals surface area contributed by atoms with Crippen LogP contribution in [0.15, 0.2) is 48.5 Å². The summed E-state index contributed by atoms with van der Waals surface area (Å²) in [5.74, 6) is -0.0638. The van der Waals surface area contributed by atoms with Gasteiger partial charge < -0.3 is 19.9 Å². The fourth-order valence-corrected chi connectivity index (χ4v) is 3.20. The molecule has 28 heavy (non-hydrogen) atoms. The number of methoxy groups -OCH3 is 2. The topological polar surface area (TPSA) is 84.9 Å². The van der Waals surface area contributed by atoms with Gasteiger partial charge in [-0.3, -0.25) is 9.59 Å². The molecule has 2 N–H and O–H groups in total. The molecule has 0 radical (unpaired) electrons. The van der Waals surface area contributed by atoms with Crippen molar-refractivity contribution in [1.82, 2.24) is 5.32 Å². The first-order valence-electron chi connectivity index (χ1n) is 9.26. The minimum atomic E-state index is -0.991. The van der Waals surface area contributed by atoms with Gasteiger partial charge in [-0.1, -0.05) is 43.3 Å². The number of amides is 1. The zero-order valence-corrected chi connectivity index (χ0v) is 16.5. The van der Waals surface area contributed by atoms with E-state index in [2.05, 4.69) is 5.32 Å². The largest absolute Gasteiger partial charge is 0.493 e. The second-order valence-corrected chi connectivity index (χ2v) is 6.55. The second-order valence-electron chi connectivity index (χ2n) is 6.55. The quantitative estimate of drug-likeness (QED) is 0.647. The molecule has 6 nitrogen and oxygen atoms in total. The zero-order chi connectivity index (χ0) is 20.5. The number of nitrogens with one attached hydrogen (secondary N) is 1. The molecule has 0 aliphatic carbocycles. The summed E-state index contributed by atoms with van der Waals surface area (Å²) in [6.45, 7) is 2.04. The molecule has 0 heterocycles. The number of rotatable bonds is 10. The molecule has 0 spiro atoms. The van der Waals surface area contributed by atoms with Gasteiger partial charge in [-0.05, 0) is 35.6 Å². The molecule has 0 aromatic heterocycles. The number of hydrogen-bond donors (Lipinski definition) is 2. The summed E-state index contributed by atoms with van der Waals surface area (Å²) in [4.78, 5) is 24.0. The average molecular weight is 385 g/mol. The highest BCUT2D eigenvalue weighted by Crippen LogP contribution is 2.31. The maximum Gasteiger partial charge on any atom is 0.305 e. The number of carbonyl (C=O) groups excluding carboxylic acids is 1. The molecule has 2 aromatic carbocycles. The highest BCUT2D eigenvalue weighted by atomic mass is 16.5. The van der Waals surface area contributed by atoms with E-state index in [4.69, 9.17) is 9.47 Å². The molecule has 0 fully saturated rings. The van der Waals surface area contributed by atoms with E-state index in [0.29, 0.717) is 23.5 Å². The molecule has 2 unspecified atom stereocenters. The van der Waals surface area contributed by atoms with Crippen LogP contribution in [-0.2, 0) is 9.59 Å². The summed E-state index contributed by atoms with van der Waals surface area (Å²) in [6.07, 6.45) is 0.894. The number of aliphatic carboxylic acids is 1. The lowest BCUT2D eigenvalue weighted by Crippen LogP contribution is -2.31. The number of benzene rings is 2. The van der Waals surface area contributed by atoms with Crippen LogP contribution >= 0.6 is 0 Å². The predicted octanol–water partition coefficient (Wildman–Crippen LogP) is 3.92. The normalized spacial score (nSPS) is 12.7. The molecule has 1 amide bonds. The Morgan fingerprint density at radius 3 is 2.21 bits per heavy atom. The molecule has 0 aliphatic heterocycles. The Bertz CT molecular complexity index is 791. The fraction of sp³-hybridized carbons (Fsp3) is 0.364. The van der Waals surface area contributed by atoms with E-state index in [1.807, 2.05) is 37.3 Å². The van der Waals surface area contributed by atoms with Gasteiger partial charge in [0.15, 0.2) is 11.5 Å². The van der Waals surface area contributed by atoms with Crippen LogP contribution in [0.1, 0.15) is 49.3 Å². The third-order valence-electron chi connectivity index (χ3n) is 4.72. The number of carbonyl (C=O) groups is 2. The van der Waals surface area contributed by atoms with Crippen molar-refractivity contribution in [2.75, 3.05) is 14.2 Å². The predicted molar refractivity (Wildman–Crippen MR) is 107 cm³/mol. The summed E-state index contributed by atoms with van der Waals surface area (Å²) in [5, 5.41) is 12.2. The Hall–Kier alpha value is -3.02. The standard InChI is InChI=1S/C22H27NO5/c1-4-15(16-8-6-5-7-9-16)13-21(24)23-18(14-22(25)26)17-10-11-19(27-2)20(12-17)28-3/h5-12,15,18H,4,13-14H2,1-3H3,(H,23,24)(H,25,26). The first kappa shape index (κ1) is 21.3. The zero-order valence-electron chi connectivity index (χ0n) is 16.5. The first-order chi connectivity index (χ1) is 13.5. The highest BCUT2D eigenvalue weighted by Gasteiger charge is 2.22. The lowest BCUT2D eigenvalue weighted by atomic mass is 9.92. The summed E-state index contributed by atoms with van der Waals surface area (Å²) < 4.78 is 10.5. The van der Waals surface area contributed by atoms with Gasteiger partial charge in [0.05, 0.1) is 26.7 Å². The van der Waals surface area contributed by atoms with Gasteiger partial charge in [0, 0.05) is 6.42 Å². The van der Waals surface area contributed by atoms with E-state index in [9.17, 15) is 14.7 Å². The number of carboxylic acid groups (broad SMARTS) is 1. The summed E-state index contributed by atoms with van der Waals surface area (Å²) in [5.41, 5.74) is 1.75. The van der Waals surface area contributed by atoms with Gasteiger partial charge in [0.25, 0.3) is 0 Å². The Morgan fingerprint density at radius 2 is 1.64 bits per heavy atom. The molecule has 150 valence electrons.